The van der Waals surface area contributed by atoms with Gasteiger partial charge < -0.3 is 19.5 Å². The molecule has 2 aromatic carbocycles. The van der Waals surface area contributed by atoms with Gasteiger partial charge in [-0.1, -0.05) is 12.1 Å². The summed E-state index contributed by atoms with van der Waals surface area (Å²) < 4.78 is 10.6. The van der Waals surface area contributed by atoms with Crippen molar-refractivity contribution < 1.29 is 24.2 Å². The predicted molar refractivity (Wildman–Crippen MR) is 123 cm³/mol. The fourth-order valence-corrected chi connectivity index (χ4v) is 3.89. The minimum atomic E-state index is -0.748. The third kappa shape index (κ3) is 4.43. The summed E-state index contributed by atoms with van der Waals surface area (Å²) in [6, 6.07) is 16.8. The molecule has 2 heterocycles. The predicted octanol–water partition coefficient (Wildman–Crippen LogP) is 4.11. The number of rotatable bonds is 7. The third-order valence-electron chi connectivity index (χ3n) is 5.51. The SMILES string of the molecule is CCOc1ccc(/C(O)=C2/C(=O)C(=O)N(Cc3ccc(OC)cc3)C2c2ccncc2)cc1. The molecule has 168 valence electrons. The van der Waals surface area contributed by atoms with Crippen LogP contribution in [0, 0.1) is 0 Å². The molecule has 0 bridgehead atoms. The lowest BCUT2D eigenvalue weighted by Gasteiger charge is -2.25. The minimum absolute atomic E-state index is 0.0453. The van der Waals surface area contributed by atoms with Gasteiger partial charge in [-0.05, 0) is 66.6 Å². The molecule has 0 aliphatic carbocycles. The van der Waals surface area contributed by atoms with Crippen LogP contribution in [0.5, 0.6) is 11.5 Å². The van der Waals surface area contributed by atoms with E-state index in [1.165, 1.54) is 4.90 Å². The number of benzene rings is 2. The molecule has 4 rings (SSSR count). The number of amides is 1. The van der Waals surface area contributed by atoms with Crippen LogP contribution in [0.1, 0.15) is 29.7 Å². The summed E-state index contributed by atoms with van der Waals surface area (Å²) in [7, 11) is 1.58. The van der Waals surface area contributed by atoms with Crippen molar-refractivity contribution in [2.45, 2.75) is 19.5 Å². The van der Waals surface area contributed by atoms with Crippen LogP contribution in [0.15, 0.2) is 78.6 Å². The summed E-state index contributed by atoms with van der Waals surface area (Å²) in [6.45, 7) is 2.60. The van der Waals surface area contributed by atoms with Crippen molar-refractivity contribution in [2.24, 2.45) is 0 Å². The molecule has 1 amide bonds. The lowest BCUT2D eigenvalue weighted by Crippen LogP contribution is -2.29. The molecule has 1 aliphatic rings. The van der Waals surface area contributed by atoms with E-state index in [1.54, 1.807) is 68.0 Å². The Morgan fingerprint density at radius 1 is 0.970 bits per heavy atom. The fraction of sp³-hybridized carbons (Fsp3) is 0.192. The molecule has 1 N–H and O–H groups in total. The lowest BCUT2D eigenvalue weighted by atomic mass is 9.96. The van der Waals surface area contributed by atoms with Crippen LogP contribution in [0.2, 0.25) is 0 Å². The van der Waals surface area contributed by atoms with Gasteiger partial charge in [0.2, 0.25) is 0 Å². The number of carbonyl (C=O) groups excluding carboxylic acids is 2. The number of hydrogen-bond acceptors (Lipinski definition) is 6. The van der Waals surface area contributed by atoms with Crippen molar-refractivity contribution in [3.05, 3.63) is 95.3 Å². The van der Waals surface area contributed by atoms with Crippen LogP contribution < -0.4 is 9.47 Å². The van der Waals surface area contributed by atoms with Gasteiger partial charge in [-0.3, -0.25) is 14.6 Å². The van der Waals surface area contributed by atoms with Crippen molar-refractivity contribution in [3.63, 3.8) is 0 Å². The van der Waals surface area contributed by atoms with Crippen molar-refractivity contribution in [1.29, 1.82) is 0 Å². The molecule has 0 radical (unpaired) electrons. The molecule has 0 spiro atoms. The Balaban J connectivity index is 1.77. The first-order valence-electron chi connectivity index (χ1n) is 10.6. The second kappa shape index (κ2) is 9.56. The number of pyridine rings is 1. The monoisotopic (exact) mass is 444 g/mol. The Morgan fingerprint density at radius 3 is 2.21 bits per heavy atom. The number of hydrogen-bond donors (Lipinski definition) is 1. The number of aromatic nitrogens is 1. The average molecular weight is 444 g/mol. The summed E-state index contributed by atoms with van der Waals surface area (Å²) >= 11 is 0. The topological polar surface area (TPSA) is 89.0 Å². The zero-order valence-corrected chi connectivity index (χ0v) is 18.4. The molecule has 33 heavy (non-hydrogen) atoms. The first-order valence-corrected chi connectivity index (χ1v) is 10.6. The van der Waals surface area contributed by atoms with E-state index in [4.69, 9.17) is 9.47 Å². The van der Waals surface area contributed by atoms with E-state index in [9.17, 15) is 14.7 Å². The summed E-state index contributed by atoms with van der Waals surface area (Å²) in [6.07, 6.45) is 3.19. The molecular weight excluding hydrogens is 420 g/mol. The first kappa shape index (κ1) is 22.1. The van der Waals surface area contributed by atoms with Crippen LogP contribution in [0.3, 0.4) is 0 Å². The Kier molecular flexibility index (Phi) is 6.40. The number of carbonyl (C=O) groups is 2. The summed E-state index contributed by atoms with van der Waals surface area (Å²) in [5.41, 5.74) is 1.99. The molecule has 1 aliphatic heterocycles. The highest BCUT2D eigenvalue weighted by atomic mass is 16.5. The second-order valence-corrected chi connectivity index (χ2v) is 7.51. The van der Waals surface area contributed by atoms with E-state index < -0.39 is 17.7 Å². The Morgan fingerprint density at radius 2 is 1.61 bits per heavy atom. The zero-order valence-electron chi connectivity index (χ0n) is 18.4. The quantitative estimate of drug-likeness (QED) is 0.335. The first-order chi connectivity index (χ1) is 16.0. The van der Waals surface area contributed by atoms with Gasteiger partial charge in [0.1, 0.15) is 17.3 Å². The van der Waals surface area contributed by atoms with E-state index >= 15 is 0 Å². The number of nitrogens with zero attached hydrogens (tertiary/aromatic N) is 2. The minimum Gasteiger partial charge on any atom is -0.507 e. The Bertz CT molecular complexity index is 1170. The van der Waals surface area contributed by atoms with Gasteiger partial charge in [-0.2, -0.15) is 0 Å². The molecule has 1 unspecified atom stereocenters. The normalized spacial score (nSPS) is 17.3. The molecule has 0 saturated carbocycles. The van der Waals surface area contributed by atoms with Crippen LogP contribution in [-0.4, -0.2) is 40.4 Å². The molecule has 1 atom stereocenters. The van der Waals surface area contributed by atoms with Gasteiger partial charge in [-0.25, -0.2) is 0 Å². The number of aliphatic hydroxyl groups is 1. The third-order valence-corrected chi connectivity index (χ3v) is 5.51. The molecule has 3 aromatic rings. The summed E-state index contributed by atoms with van der Waals surface area (Å²) in [5, 5.41) is 11.1. The van der Waals surface area contributed by atoms with E-state index in [2.05, 4.69) is 4.98 Å². The van der Waals surface area contributed by atoms with Crippen molar-refractivity contribution in [1.82, 2.24) is 9.88 Å². The average Bonchev–Trinajstić information content (AvgIpc) is 3.10. The smallest absolute Gasteiger partial charge is 0.295 e. The second-order valence-electron chi connectivity index (χ2n) is 7.51. The summed E-state index contributed by atoms with van der Waals surface area (Å²) in [5.74, 6) is -0.269. The van der Waals surface area contributed by atoms with Gasteiger partial charge in [-0.15, -0.1) is 0 Å². The van der Waals surface area contributed by atoms with Gasteiger partial charge in [0.15, 0.2) is 0 Å². The van der Waals surface area contributed by atoms with Crippen molar-refractivity contribution in [2.75, 3.05) is 13.7 Å². The van der Waals surface area contributed by atoms with Crippen LogP contribution in [0.25, 0.3) is 5.76 Å². The highest BCUT2D eigenvalue weighted by molar-refractivity contribution is 6.46. The molecule has 1 aromatic heterocycles. The van der Waals surface area contributed by atoms with E-state index in [0.717, 1.165) is 5.56 Å². The Labute approximate surface area is 191 Å². The number of methoxy groups -OCH3 is 1. The van der Waals surface area contributed by atoms with Crippen molar-refractivity contribution >= 4 is 17.4 Å². The van der Waals surface area contributed by atoms with Crippen molar-refractivity contribution in [3.8, 4) is 11.5 Å². The molecule has 7 nitrogen and oxygen atoms in total. The van der Waals surface area contributed by atoms with Gasteiger partial charge >= 0.3 is 0 Å². The number of ketones is 1. The van der Waals surface area contributed by atoms with Gasteiger partial charge in [0.25, 0.3) is 11.7 Å². The highest BCUT2D eigenvalue weighted by Crippen LogP contribution is 2.40. The number of likely N-dealkylation sites (tertiary alicyclic amines) is 1. The number of ether oxygens (including phenoxy) is 2. The van der Waals surface area contributed by atoms with Crippen LogP contribution >= 0.6 is 0 Å². The molecular formula is C26H24N2O5. The largest absolute Gasteiger partial charge is 0.507 e. The summed E-state index contributed by atoms with van der Waals surface area (Å²) in [4.78, 5) is 31.7. The maximum absolute atomic E-state index is 13.1. The number of Topliss-reactive ketones (excluding diaryl/α,β-unsaturated/α-hetero) is 1. The van der Waals surface area contributed by atoms with Gasteiger partial charge in [0, 0.05) is 24.5 Å². The standard InChI is InChI=1S/C26H24N2O5/c1-3-33-21-10-6-19(7-11-21)24(29)22-23(18-12-14-27-15-13-18)28(26(31)25(22)30)16-17-4-8-20(32-2)9-5-17/h4-15,23,29H,3,16H2,1-2H3/b24-22-. The maximum Gasteiger partial charge on any atom is 0.295 e. The molecule has 1 saturated heterocycles. The Hall–Kier alpha value is -4.13. The fourth-order valence-electron chi connectivity index (χ4n) is 3.89. The van der Waals surface area contributed by atoms with E-state index in [-0.39, 0.29) is 17.9 Å². The molecule has 1 fully saturated rings. The number of aliphatic hydroxyl groups excluding tert-OH is 1. The van der Waals surface area contributed by atoms with Gasteiger partial charge in [0.05, 0.1) is 25.3 Å². The highest BCUT2D eigenvalue weighted by Gasteiger charge is 2.46. The van der Waals surface area contributed by atoms with Crippen LogP contribution in [-0.2, 0) is 16.1 Å². The van der Waals surface area contributed by atoms with E-state index in [0.29, 0.717) is 29.2 Å². The zero-order chi connectivity index (χ0) is 23.4. The van der Waals surface area contributed by atoms with Crippen LogP contribution in [0.4, 0.5) is 0 Å². The lowest BCUT2D eigenvalue weighted by molar-refractivity contribution is -0.140. The molecule has 7 heteroatoms. The maximum atomic E-state index is 13.1. The van der Waals surface area contributed by atoms with E-state index in [1.807, 2.05) is 19.1 Å².